The molecule has 1 aliphatic heterocycles. The van der Waals surface area contributed by atoms with Crippen LogP contribution >= 0.6 is 22.9 Å². The number of carbonyl (C=O) groups is 1. The minimum atomic E-state index is -0.830. The van der Waals surface area contributed by atoms with E-state index < -0.39 is 5.97 Å². The second-order valence-corrected chi connectivity index (χ2v) is 6.77. The van der Waals surface area contributed by atoms with E-state index in [1.54, 1.807) is 17.4 Å². The van der Waals surface area contributed by atoms with Gasteiger partial charge in [-0.1, -0.05) is 0 Å². The SMILES string of the molecule is O=C(O)Cc1csc(C2CCN(Cc3ccc(Cl)o3)CC2)n1. The van der Waals surface area contributed by atoms with Crippen molar-refractivity contribution < 1.29 is 14.3 Å². The van der Waals surface area contributed by atoms with Gasteiger partial charge >= 0.3 is 5.97 Å². The van der Waals surface area contributed by atoms with E-state index in [4.69, 9.17) is 21.1 Å². The van der Waals surface area contributed by atoms with Gasteiger partial charge in [0.15, 0.2) is 5.22 Å². The molecule has 0 aliphatic carbocycles. The number of thiazole rings is 1. The highest BCUT2D eigenvalue weighted by Crippen LogP contribution is 2.31. The van der Waals surface area contributed by atoms with Gasteiger partial charge < -0.3 is 9.52 Å². The molecule has 3 heterocycles. The number of carboxylic acid groups (broad SMARTS) is 1. The van der Waals surface area contributed by atoms with Crippen LogP contribution in [0, 0.1) is 0 Å². The Kier molecular flexibility index (Phi) is 4.81. The van der Waals surface area contributed by atoms with Crippen molar-refractivity contribution in [2.75, 3.05) is 13.1 Å². The predicted molar refractivity (Wildman–Crippen MR) is 84.4 cm³/mol. The fourth-order valence-corrected chi connectivity index (χ4v) is 3.89. The lowest BCUT2D eigenvalue weighted by Gasteiger charge is -2.30. The van der Waals surface area contributed by atoms with Crippen LogP contribution in [0.15, 0.2) is 21.9 Å². The molecule has 118 valence electrons. The van der Waals surface area contributed by atoms with Crippen molar-refractivity contribution in [2.24, 2.45) is 0 Å². The summed E-state index contributed by atoms with van der Waals surface area (Å²) in [6.07, 6.45) is 2.08. The van der Waals surface area contributed by atoms with Gasteiger partial charge in [0.2, 0.25) is 0 Å². The minimum absolute atomic E-state index is 0.00853. The highest BCUT2D eigenvalue weighted by Gasteiger charge is 2.23. The molecule has 1 N–H and O–H groups in total. The molecule has 0 spiro atoms. The first-order chi connectivity index (χ1) is 10.6. The molecule has 2 aromatic rings. The molecule has 1 fully saturated rings. The first kappa shape index (κ1) is 15.5. The Bertz CT molecular complexity index is 647. The molecule has 1 saturated heterocycles. The van der Waals surface area contributed by atoms with Gasteiger partial charge in [-0.3, -0.25) is 9.69 Å². The van der Waals surface area contributed by atoms with Crippen molar-refractivity contribution in [3.05, 3.63) is 39.2 Å². The fraction of sp³-hybridized carbons (Fsp3) is 0.467. The number of aliphatic carboxylic acids is 1. The Labute approximate surface area is 137 Å². The van der Waals surface area contributed by atoms with Crippen LogP contribution in [0.2, 0.25) is 5.22 Å². The Morgan fingerprint density at radius 1 is 1.45 bits per heavy atom. The van der Waals surface area contributed by atoms with E-state index in [0.717, 1.165) is 43.2 Å². The summed E-state index contributed by atoms with van der Waals surface area (Å²) in [5.41, 5.74) is 0.667. The van der Waals surface area contributed by atoms with Crippen molar-refractivity contribution in [1.82, 2.24) is 9.88 Å². The van der Waals surface area contributed by atoms with Crippen LogP contribution in [0.25, 0.3) is 0 Å². The average molecular weight is 341 g/mol. The summed E-state index contributed by atoms with van der Waals surface area (Å²) in [7, 11) is 0. The zero-order chi connectivity index (χ0) is 15.5. The number of likely N-dealkylation sites (tertiary alicyclic amines) is 1. The number of nitrogens with zero attached hydrogens (tertiary/aromatic N) is 2. The maximum Gasteiger partial charge on any atom is 0.309 e. The largest absolute Gasteiger partial charge is 0.481 e. The lowest BCUT2D eigenvalue weighted by molar-refractivity contribution is -0.136. The first-order valence-electron chi connectivity index (χ1n) is 7.23. The third kappa shape index (κ3) is 3.88. The maximum atomic E-state index is 10.7. The summed E-state index contributed by atoms with van der Waals surface area (Å²) in [6.45, 7) is 2.75. The molecule has 22 heavy (non-hydrogen) atoms. The number of halogens is 1. The van der Waals surface area contributed by atoms with Gasteiger partial charge in [-0.2, -0.15) is 0 Å². The number of carboxylic acids is 1. The molecular weight excluding hydrogens is 324 g/mol. The number of furan rings is 1. The van der Waals surface area contributed by atoms with Crippen molar-refractivity contribution in [3.63, 3.8) is 0 Å². The van der Waals surface area contributed by atoms with Crippen molar-refractivity contribution in [1.29, 1.82) is 0 Å². The summed E-state index contributed by atoms with van der Waals surface area (Å²) in [5, 5.41) is 12.2. The van der Waals surface area contributed by atoms with Gasteiger partial charge in [-0.05, 0) is 49.7 Å². The number of hydrogen-bond acceptors (Lipinski definition) is 5. The van der Waals surface area contributed by atoms with Gasteiger partial charge in [0.1, 0.15) is 5.76 Å². The fourth-order valence-electron chi connectivity index (χ4n) is 2.74. The van der Waals surface area contributed by atoms with E-state index in [1.807, 2.05) is 11.4 Å². The number of hydrogen-bond donors (Lipinski definition) is 1. The van der Waals surface area contributed by atoms with Gasteiger partial charge in [0.05, 0.1) is 23.7 Å². The van der Waals surface area contributed by atoms with E-state index in [1.165, 1.54) is 0 Å². The molecule has 2 aromatic heterocycles. The summed E-state index contributed by atoms with van der Waals surface area (Å²) < 4.78 is 5.40. The highest BCUT2D eigenvalue weighted by molar-refractivity contribution is 7.09. The van der Waals surface area contributed by atoms with Crippen LogP contribution in [0.3, 0.4) is 0 Å². The summed E-state index contributed by atoms with van der Waals surface area (Å²) >= 11 is 7.36. The summed E-state index contributed by atoms with van der Waals surface area (Å²) in [4.78, 5) is 17.5. The van der Waals surface area contributed by atoms with Crippen LogP contribution in [-0.2, 0) is 17.8 Å². The lowest BCUT2D eigenvalue weighted by atomic mass is 9.97. The van der Waals surface area contributed by atoms with Crippen LogP contribution in [0.4, 0.5) is 0 Å². The monoisotopic (exact) mass is 340 g/mol. The van der Waals surface area contributed by atoms with Crippen LogP contribution in [0.1, 0.15) is 35.2 Å². The topological polar surface area (TPSA) is 66.6 Å². The number of piperidine rings is 1. The van der Waals surface area contributed by atoms with Crippen LogP contribution in [-0.4, -0.2) is 34.0 Å². The standard InChI is InChI=1S/C15H17ClN2O3S/c16-13-2-1-12(21-13)8-18-5-3-10(4-6-18)15-17-11(9-22-15)7-14(19)20/h1-2,9-10H,3-8H2,(H,19,20). The van der Waals surface area contributed by atoms with E-state index >= 15 is 0 Å². The average Bonchev–Trinajstić information content (AvgIpc) is 3.09. The highest BCUT2D eigenvalue weighted by atomic mass is 35.5. The lowest BCUT2D eigenvalue weighted by Crippen LogP contribution is -2.32. The van der Waals surface area contributed by atoms with E-state index in [9.17, 15) is 4.79 Å². The van der Waals surface area contributed by atoms with Crippen molar-refractivity contribution in [3.8, 4) is 0 Å². The molecule has 7 heteroatoms. The van der Waals surface area contributed by atoms with Gasteiger partial charge in [0.25, 0.3) is 0 Å². The van der Waals surface area contributed by atoms with Crippen molar-refractivity contribution >= 4 is 28.9 Å². The molecule has 1 aliphatic rings. The zero-order valence-electron chi connectivity index (χ0n) is 12.0. The second kappa shape index (κ2) is 6.81. The van der Waals surface area contributed by atoms with E-state index in [2.05, 4.69) is 9.88 Å². The Morgan fingerprint density at radius 2 is 2.23 bits per heavy atom. The second-order valence-electron chi connectivity index (χ2n) is 5.50. The third-order valence-corrected chi connectivity index (χ3v) is 5.11. The van der Waals surface area contributed by atoms with Crippen LogP contribution < -0.4 is 0 Å². The number of rotatable bonds is 5. The third-order valence-electron chi connectivity index (χ3n) is 3.85. The van der Waals surface area contributed by atoms with Gasteiger partial charge in [-0.15, -0.1) is 11.3 Å². The quantitative estimate of drug-likeness (QED) is 0.903. The maximum absolute atomic E-state index is 10.7. The van der Waals surface area contributed by atoms with Crippen LogP contribution in [0.5, 0.6) is 0 Å². The molecule has 0 atom stereocenters. The predicted octanol–water partition coefficient (Wildman–Crippen LogP) is 3.40. The molecule has 0 aromatic carbocycles. The molecule has 3 rings (SSSR count). The van der Waals surface area contributed by atoms with Gasteiger partial charge in [-0.25, -0.2) is 4.98 Å². The molecule has 0 bridgehead atoms. The van der Waals surface area contributed by atoms with Crippen molar-refractivity contribution in [2.45, 2.75) is 31.7 Å². The molecule has 0 saturated carbocycles. The zero-order valence-corrected chi connectivity index (χ0v) is 13.6. The Balaban J connectivity index is 1.52. The normalized spacial score (nSPS) is 17.0. The Hall–Kier alpha value is -1.37. The van der Waals surface area contributed by atoms with E-state index in [-0.39, 0.29) is 6.42 Å². The molecular formula is C15H17ClN2O3S. The molecule has 5 nitrogen and oxygen atoms in total. The summed E-state index contributed by atoms with van der Waals surface area (Å²) in [5.74, 6) is 0.495. The van der Waals surface area contributed by atoms with E-state index in [0.29, 0.717) is 16.8 Å². The molecule has 0 amide bonds. The van der Waals surface area contributed by atoms with Gasteiger partial charge in [0, 0.05) is 11.3 Å². The molecule has 0 radical (unpaired) electrons. The smallest absolute Gasteiger partial charge is 0.309 e. The molecule has 0 unspecified atom stereocenters. The summed E-state index contributed by atoms with van der Waals surface area (Å²) in [6, 6.07) is 3.68. The number of aromatic nitrogens is 1. The minimum Gasteiger partial charge on any atom is -0.481 e. The first-order valence-corrected chi connectivity index (χ1v) is 8.48. The Morgan fingerprint density at radius 3 is 2.86 bits per heavy atom.